The number of hydrogen-bond donors (Lipinski definition) is 35. The summed E-state index contributed by atoms with van der Waals surface area (Å²) < 4.78 is 126. The van der Waals surface area contributed by atoms with Crippen molar-refractivity contribution < 1.29 is 287 Å². The van der Waals surface area contributed by atoms with Crippen molar-refractivity contribution in [3.8, 4) is 0 Å². The summed E-state index contributed by atoms with van der Waals surface area (Å²) in [5.41, 5.74) is 0. The Morgan fingerprint density at radius 1 is 0.326 bits per heavy atom. The summed E-state index contributed by atoms with van der Waals surface area (Å²) >= 11 is 3.03. The molecule has 0 radical (unpaired) electrons. The van der Waals surface area contributed by atoms with Crippen molar-refractivity contribution in [3.63, 3.8) is 0 Å². The molecule has 144 heavy (non-hydrogen) atoms. The SMILES string of the molecule is CC(=O)N[C@H]1C([C@H](O)[C@H](O)CO)O[C@@](OCC2O[C@@H](O[C@H]3C(O)C(C)[C@H](OC4[C@@H](OCC5O[C@@H](O[C@@H]6C(CO)O[C@@H](O[C@@H]7C(CO)O[C@@H](NC(=O)CBr)[C@@H](C)C7O)[C@@H](C)C6O)[C@H](O)C(O[C@H]6O[C@H](CO)[C@@H](O)C(O)C6O[C@@H]6OC(CO)[C@@H](O[C@@H]7OC(CO[C@]8(C(=O)O)C[C@@H](O)[C@@H](NC(C)=O)C([C@H](O)[C@H](O)CO)O8)[C@H](O)[C@H](O)C7O)C(O)[C@@H]6C)[C@@H]5O)OC(CO)[C@@H](O)[C@@H]4O)O[C@H]3CO)[C@@H](O)C(O)[C@H]2O)(C(=O)O)C[C@H]1O. The van der Waals surface area contributed by atoms with Crippen LogP contribution in [0.5, 0.6) is 0 Å². The average molecular weight is 2170 g/mol. The molecule has 0 aromatic rings. The van der Waals surface area contributed by atoms with E-state index in [0.717, 1.165) is 13.8 Å². The Hall–Kier alpha value is -4.21. The quantitative estimate of drug-likeness (QED) is 0.0253. The molecule has 3 amide bonds. The van der Waals surface area contributed by atoms with Crippen molar-refractivity contribution in [2.24, 2.45) is 23.7 Å². The van der Waals surface area contributed by atoms with Crippen LogP contribution in [0.15, 0.2) is 0 Å². The molecular formula is C82H136BrN3O58. The Kier molecular flexibility index (Phi) is 43.1. The van der Waals surface area contributed by atoms with Gasteiger partial charge in [-0.15, -0.1) is 0 Å². The molecule has 20 unspecified atom stereocenters. The minimum absolute atomic E-state index is 0.180. The van der Waals surface area contributed by atoms with Crippen molar-refractivity contribution in [3.05, 3.63) is 0 Å². The first kappa shape index (κ1) is 120. The lowest BCUT2D eigenvalue weighted by Crippen LogP contribution is -2.68. The number of ether oxygens (including phenoxy) is 21. The number of carbonyl (C=O) groups is 5. The number of amides is 3. The number of carboxylic acid groups (broad SMARTS) is 2. The summed E-state index contributed by atoms with van der Waals surface area (Å²) in [4.78, 5) is 62.8. The molecule has 11 saturated heterocycles. The Morgan fingerprint density at radius 2 is 0.625 bits per heavy atom. The van der Waals surface area contributed by atoms with Crippen molar-refractivity contribution >= 4 is 45.6 Å². The molecule has 0 spiro atoms. The van der Waals surface area contributed by atoms with E-state index in [9.17, 15) is 187 Å². The lowest BCUT2D eigenvalue weighted by Gasteiger charge is -2.51. The van der Waals surface area contributed by atoms with Gasteiger partial charge in [-0.1, -0.05) is 43.6 Å². The second-order valence-electron chi connectivity index (χ2n) is 37.4. The fourth-order valence-corrected chi connectivity index (χ4v) is 19.1. The first-order valence-corrected chi connectivity index (χ1v) is 47.5. The molecule has 11 fully saturated rings. The number of rotatable bonds is 41. The Balaban J connectivity index is 0.837. The van der Waals surface area contributed by atoms with Gasteiger partial charge in [0.15, 0.2) is 50.3 Å². The zero-order valence-corrected chi connectivity index (χ0v) is 79.5. The summed E-state index contributed by atoms with van der Waals surface area (Å²) in [5.74, 6) is -17.7. The monoisotopic (exact) mass is 2170 g/mol. The Morgan fingerprint density at radius 3 is 0.972 bits per heavy atom. The van der Waals surface area contributed by atoms with Gasteiger partial charge >= 0.3 is 11.9 Å². The number of alkyl halides is 1. The van der Waals surface area contributed by atoms with Crippen molar-refractivity contribution in [2.75, 3.05) is 78.0 Å². The molecule has 11 heterocycles. The van der Waals surface area contributed by atoms with Gasteiger partial charge in [0.25, 0.3) is 11.6 Å². The highest BCUT2D eigenvalue weighted by molar-refractivity contribution is 9.09. The van der Waals surface area contributed by atoms with Crippen LogP contribution in [0.25, 0.3) is 0 Å². The van der Waals surface area contributed by atoms with Crippen LogP contribution < -0.4 is 16.0 Å². The zero-order chi connectivity index (χ0) is 107. The highest BCUT2D eigenvalue weighted by atomic mass is 79.9. The van der Waals surface area contributed by atoms with Crippen LogP contribution >= 0.6 is 15.9 Å². The van der Waals surface area contributed by atoms with Gasteiger partial charge in [-0.2, -0.15) is 0 Å². The van der Waals surface area contributed by atoms with Crippen LogP contribution in [-0.2, 0) is 123 Å². The largest absolute Gasteiger partial charge is 0.477 e. The van der Waals surface area contributed by atoms with E-state index in [4.69, 9.17) is 99.5 Å². The van der Waals surface area contributed by atoms with Gasteiger partial charge in [0, 0.05) is 50.4 Å². The molecular weight excluding hydrogens is 2030 g/mol. The number of carboxylic acids is 2. The van der Waals surface area contributed by atoms with E-state index < -0.39 is 463 Å². The summed E-state index contributed by atoms with van der Waals surface area (Å²) in [6, 6.07) is -3.31. The van der Waals surface area contributed by atoms with Gasteiger partial charge in [-0.25, -0.2) is 9.59 Å². The van der Waals surface area contributed by atoms with E-state index in [0.29, 0.717) is 0 Å². The maximum atomic E-state index is 13.0. The van der Waals surface area contributed by atoms with E-state index in [-0.39, 0.29) is 5.33 Å². The standard InChI is InChI=1S/C82H136BrN3O58/c1-21-43(102)61(33(14-91)127-70(21)86-40(101)9-83)136-71-22(2)44(103)64(36(17-94)130-71)139-76-60(119)67(140-78-69(57(116)50(109)32(13-90)129-78)142-73-24(4)46(105)63(35(16-93)132-73)138-75-59(118)55(114)52(111)39(135-75)20-126-82(80(122)123)8-28(98)42(85-26(6)96)66(144-82)48(107)30(100)11-88)53(112)37(133-76)18-124-77-68(56(115)49(108)31(12-89)128-77)141-72-23(3)45(104)62(34(15-92)131-72)137-74-58(117)54(113)51(110)38(134-74)19-125-81(79(120)121)7-27(97)41(84-25(5)95)65(143-81)47(106)29(99)10-87/h21-24,27-39,41-78,87-94,97-100,102-119H,7-20H2,1-6H3,(H,84,95)(H,85,96)(H,86,101)(H,120,121)(H,122,123)/t21-,22-,23?,24-,27+,28+,29+,30+,31?,32+,33?,34-,35?,36?,37?,38?,39?,41+,42+,43?,44?,45?,46?,47+,48+,49+,50+,51-,52-,53+,54?,55-,56-,57?,58-,59?,60+,61+,62+,63+,64+,65?,66?,67?,68?,69?,70+,71-,72-,73-,74-,75-,76-,77-,78+,81+,82+/m0/s1. The maximum absolute atomic E-state index is 13.0. The number of aliphatic carboxylic acids is 2. The summed E-state index contributed by atoms with van der Waals surface area (Å²) in [6.07, 6.45) is -103. The molecule has 834 valence electrons. The van der Waals surface area contributed by atoms with Crippen LogP contribution in [0, 0.1) is 23.7 Å². The second-order valence-corrected chi connectivity index (χ2v) is 38.0. The fraction of sp³-hybridized carbons (Fsp3) is 0.939. The van der Waals surface area contributed by atoms with Crippen molar-refractivity contribution in [1.29, 1.82) is 0 Å². The van der Waals surface area contributed by atoms with E-state index in [2.05, 4.69) is 31.9 Å². The number of nitrogens with one attached hydrogen (secondary N) is 3. The van der Waals surface area contributed by atoms with E-state index in [1.807, 2.05) is 0 Å². The lowest BCUT2D eigenvalue weighted by atomic mass is 9.88. The Bertz CT molecular complexity index is 4030. The molecule has 61 nitrogen and oxygen atoms in total. The predicted octanol–water partition coefficient (Wildman–Crippen LogP) is -20.7. The zero-order valence-electron chi connectivity index (χ0n) is 78.0. The van der Waals surface area contributed by atoms with Gasteiger partial charge in [-0.3, -0.25) is 14.4 Å². The summed E-state index contributed by atoms with van der Waals surface area (Å²) in [7, 11) is 0. The van der Waals surface area contributed by atoms with Crippen LogP contribution in [0.3, 0.4) is 0 Å². The molecule has 0 saturated carbocycles. The summed E-state index contributed by atoms with van der Waals surface area (Å²) in [6.45, 7) is -5.23. The minimum atomic E-state index is -3.06. The normalized spacial score (nSPS) is 48.1. The molecule has 57 atom stereocenters. The topological polar surface area (TPSA) is 963 Å². The molecule has 0 aromatic carbocycles. The van der Waals surface area contributed by atoms with E-state index in [1.54, 1.807) is 0 Å². The molecule has 11 aliphatic heterocycles. The summed E-state index contributed by atoms with van der Waals surface area (Å²) in [5, 5.41) is 365. The van der Waals surface area contributed by atoms with Crippen LogP contribution in [0.1, 0.15) is 54.4 Å². The van der Waals surface area contributed by atoms with Gasteiger partial charge in [0.2, 0.25) is 17.7 Å². The molecule has 0 bridgehead atoms. The van der Waals surface area contributed by atoms with Crippen LogP contribution in [-0.4, -0.2) is 595 Å². The first-order chi connectivity index (χ1) is 67.9. The van der Waals surface area contributed by atoms with Gasteiger partial charge < -0.3 is 279 Å². The molecule has 62 heteroatoms. The van der Waals surface area contributed by atoms with Crippen LogP contribution in [0.4, 0.5) is 0 Å². The number of carbonyl (C=O) groups excluding carboxylic acids is 3. The highest BCUT2D eigenvalue weighted by Crippen LogP contribution is 2.45. The fourth-order valence-electron chi connectivity index (χ4n) is 18.9. The molecule has 11 aliphatic rings. The first-order valence-electron chi connectivity index (χ1n) is 46.3. The third kappa shape index (κ3) is 26.0. The molecule has 11 rings (SSSR count). The molecule has 0 aromatic heterocycles. The third-order valence-corrected chi connectivity index (χ3v) is 28.1. The lowest BCUT2D eigenvalue weighted by molar-refractivity contribution is -0.402. The molecule has 35 N–H and O–H groups in total. The van der Waals surface area contributed by atoms with Crippen LogP contribution in [0.2, 0.25) is 0 Å². The predicted molar refractivity (Wildman–Crippen MR) is 452 cm³/mol. The minimum Gasteiger partial charge on any atom is -0.477 e. The molecule has 0 aliphatic carbocycles. The highest BCUT2D eigenvalue weighted by Gasteiger charge is 2.64. The van der Waals surface area contributed by atoms with Crippen molar-refractivity contribution in [1.82, 2.24) is 16.0 Å². The van der Waals surface area contributed by atoms with Gasteiger partial charge in [0.05, 0.1) is 127 Å². The number of hydrogen-bond acceptors (Lipinski definition) is 56. The van der Waals surface area contributed by atoms with Gasteiger partial charge in [-0.05, 0) is 0 Å². The number of halogens is 1. The average Bonchev–Trinajstić information content (AvgIpc) is 0.776. The second kappa shape index (κ2) is 51.7. The van der Waals surface area contributed by atoms with E-state index >= 15 is 0 Å². The third-order valence-electron chi connectivity index (χ3n) is 27.6. The number of aliphatic hydroxyl groups is 30. The van der Waals surface area contributed by atoms with Crippen molar-refractivity contribution in [2.45, 2.75) is 379 Å². The van der Waals surface area contributed by atoms with Gasteiger partial charge in [0.1, 0.15) is 214 Å². The number of aliphatic hydroxyl groups excluding tert-OH is 30. The maximum Gasteiger partial charge on any atom is 0.364 e. The van der Waals surface area contributed by atoms with E-state index in [1.165, 1.54) is 27.7 Å². The smallest absolute Gasteiger partial charge is 0.364 e. The Labute approximate surface area is 825 Å².